The molecule has 0 amide bonds. The van der Waals surface area contributed by atoms with Crippen molar-refractivity contribution in [2.45, 2.75) is 26.2 Å². The predicted octanol–water partition coefficient (Wildman–Crippen LogP) is 5.10. The Kier molecular flexibility index (Phi) is 9.03. The molecule has 1 aromatic carbocycles. The fraction of sp³-hybridized carbons (Fsp3) is 0.250. The number of hydrogen-bond acceptors (Lipinski definition) is 4. The minimum atomic E-state index is -4.42. The van der Waals surface area contributed by atoms with E-state index in [1.807, 2.05) is 49.4 Å². The van der Waals surface area contributed by atoms with Gasteiger partial charge in [0.05, 0.1) is 18.8 Å². The molecular weight excluding hydrogens is 526 g/mol. The molecule has 0 unspecified atom stereocenters. The molecule has 0 radical (unpaired) electrons. The first-order valence-electron chi connectivity index (χ1n) is 9.00. The van der Waals surface area contributed by atoms with Crippen LogP contribution in [0.5, 0.6) is 0 Å². The molecule has 0 saturated carbocycles. The lowest BCUT2D eigenvalue weighted by Gasteiger charge is -2.10. The molecule has 0 aliphatic heterocycles. The first-order valence-corrected chi connectivity index (χ1v) is 9.88. The zero-order valence-electron chi connectivity index (χ0n) is 16.1. The Labute approximate surface area is 193 Å². The lowest BCUT2D eigenvalue weighted by atomic mass is 10.1. The maximum absolute atomic E-state index is 12.7. The summed E-state index contributed by atoms with van der Waals surface area (Å²) >= 11 is 0.967. The highest BCUT2D eigenvalue weighted by atomic mass is 127. The van der Waals surface area contributed by atoms with Crippen molar-refractivity contribution in [1.29, 1.82) is 0 Å². The Hall–Kier alpha value is -2.21. The van der Waals surface area contributed by atoms with Crippen molar-refractivity contribution in [1.82, 2.24) is 20.6 Å². The number of hydrogen-bond donors (Lipinski definition) is 2. The van der Waals surface area contributed by atoms with E-state index in [1.165, 1.54) is 0 Å². The van der Waals surface area contributed by atoms with Gasteiger partial charge in [-0.3, -0.25) is 4.98 Å². The molecule has 160 valence electrons. The number of thiazole rings is 1. The van der Waals surface area contributed by atoms with Crippen LogP contribution < -0.4 is 10.6 Å². The summed E-state index contributed by atoms with van der Waals surface area (Å²) in [5, 5.41) is 7.48. The van der Waals surface area contributed by atoms with E-state index in [0.29, 0.717) is 24.1 Å². The van der Waals surface area contributed by atoms with Gasteiger partial charge >= 0.3 is 6.18 Å². The normalized spacial score (nSPS) is 11.7. The average Bonchev–Trinajstić information content (AvgIpc) is 3.21. The average molecular weight is 547 g/mol. The summed E-state index contributed by atoms with van der Waals surface area (Å²) in [4.78, 5) is 12.5. The van der Waals surface area contributed by atoms with Crippen LogP contribution in [0.1, 0.15) is 23.2 Å². The first-order chi connectivity index (χ1) is 14.0. The van der Waals surface area contributed by atoms with Crippen LogP contribution in [0.2, 0.25) is 0 Å². The molecule has 30 heavy (non-hydrogen) atoms. The lowest BCUT2D eigenvalue weighted by Crippen LogP contribution is -2.36. The van der Waals surface area contributed by atoms with Crippen molar-refractivity contribution in [3.63, 3.8) is 0 Å². The maximum atomic E-state index is 12.7. The molecule has 5 nitrogen and oxygen atoms in total. The monoisotopic (exact) mass is 547 g/mol. The van der Waals surface area contributed by atoms with Gasteiger partial charge in [0.15, 0.2) is 11.7 Å². The minimum absolute atomic E-state index is 0. The Bertz CT molecular complexity index is 960. The lowest BCUT2D eigenvalue weighted by molar-refractivity contribution is -0.140. The second kappa shape index (κ2) is 11.3. The van der Waals surface area contributed by atoms with Crippen molar-refractivity contribution in [2.24, 2.45) is 4.99 Å². The van der Waals surface area contributed by atoms with E-state index in [1.54, 1.807) is 6.20 Å². The number of alkyl halides is 3. The van der Waals surface area contributed by atoms with Crippen LogP contribution in [0.25, 0.3) is 11.3 Å². The number of aliphatic imine (C=N–C) groups is 1. The third kappa shape index (κ3) is 6.94. The second-order valence-electron chi connectivity index (χ2n) is 6.09. The van der Waals surface area contributed by atoms with Gasteiger partial charge in [-0.15, -0.1) is 35.3 Å². The number of rotatable bonds is 6. The predicted molar refractivity (Wildman–Crippen MR) is 124 cm³/mol. The molecule has 3 rings (SSSR count). The van der Waals surface area contributed by atoms with E-state index >= 15 is 0 Å². The third-order valence-electron chi connectivity index (χ3n) is 3.90. The second-order valence-corrected chi connectivity index (χ2v) is 7.03. The zero-order chi connectivity index (χ0) is 20.7. The van der Waals surface area contributed by atoms with Crippen molar-refractivity contribution < 1.29 is 13.2 Å². The Balaban J connectivity index is 0.00000320. The Morgan fingerprint density at radius 1 is 1.13 bits per heavy atom. The Morgan fingerprint density at radius 3 is 2.63 bits per heavy atom. The van der Waals surface area contributed by atoms with Crippen LogP contribution in [0.15, 0.2) is 59.0 Å². The molecule has 0 bridgehead atoms. The fourth-order valence-corrected chi connectivity index (χ4v) is 3.30. The Morgan fingerprint density at radius 2 is 1.97 bits per heavy atom. The standard InChI is InChI=1S/C20H20F3N5S.HI/c1-2-24-19(27-12-18-28-17(13-29-18)20(21,22)23)26-11-14-6-5-7-15(10-14)16-8-3-4-9-25-16;/h3-10,13H,2,11-12H2,1H3,(H2,24,26,27);1H. The molecule has 2 heterocycles. The maximum Gasteiger partial charge on any atom is 0.434 e. The van der Waals surface area contributed by atoms with Crippen LogP contribution in [0, 0.1) is 0 Å². The third-order valence-corrected chi connectivity index (χ3v) is 4.75. The molecule has 10 heteroatoms. The van der Waals surface area contributed by atoms with Gasteiger partial charge in [0, 0.05) is 23.7 Å². The van der Waals surface area contributed by atoms with Crippen LogP contribution >= 0.6 is 35.3 Å². The molecule has 0 fully saturated rings. The van der Waals surface area contributed by atoms with Gasteiger partial charge in [-0.1, -0.05) is 24.3 Å². The highest BCUT2D eigenvalue weighted by molar-refractivity contribution is 14.0. The van der Waals surface area contributed by atoms with Gasteiger partial charge < -0.3 is 10.6 Å². The fourth-order valence-electron chi connectivity index (χ4n) is 2.56. The molecule has 0 spiro atoms. The summed E-state index contributed by atoms with van der Waals surface area (Å²) in [5.74, 6) is 0.513. The van der Waals surface area contributed by atoms with E-state index in [0.717, 1.165) is 33.5 Å². The van der Waals surface area contributed by atoms with Crippen molar-refractivity contribution in [3.05, 3.63) is 70.3 Å². The molecule has 0 aliphatic rings. The summed E-state index contributed by atoms with van der Waals surface area (Å²) in [6.07, 6.45) is -2.68. The molecule has 0 saturated heterocycles. The molecule has 3 aromatic rings. The van der Waals surface area contributed by atoms with Gasteiger partial charge in [-0.05, 0) is 30.7 Å². The van der Waals surface area contributed by atoms with Gasteiger partial charge in [0.1, 0.15) is 5.01 Å². The number of nitrogens with one attached hydrogen (secondary N) is 2. The summed E-state index contributed by atoms with van der Waals surface area (Å²) < 4.78 is 38.0. The summed E-state index contributed by atoms with van der Waals surface area (Å²) in [5.41, 5.74) is 2.01. The summed E-state index contributed by atoms with van der Waals surface area (Å²) in [6, 6.07) is 13.7. The smallest absolute Gasteiger partial charge is 0.357 e. The minimum Gasteiger partial charge on any atom is -0.357 e. The quantitative estimate of drug-likeness (QED) is 0.256. The zero-order valence-corrected chi connectivity index (χ0v) is 19.3. The largest absolute Gasteiger partial charge is 0.434 e. The number of benzene rings is 1. The number of halogens is 4. The number of nitrogens with zero attached hydrogens (tertiary/aromatic N) is 3. The van der Waals surface area contributed by atoms with Crippen LogP contribution in [0.3, 0.4) is 0 Å². The van der Waals surface area contributed by atoms with Crippen LogP contribution in [-0.4, -0.2) is 22.5 Å². The van der Waals surface area contributed by atoms with E-state index in [-0.39, 0.29) is 30.5 Å². The van der Waals surface area contributed by atoms with E-state index in [4.69, 9.17) is 0 Å². The molecule has 0 atom stereocenters. The molecular formula is C20H21F3IN5S. The topological polar surface area (TPSA) is 62.2 Å². The SMILES string of the molecule is CCNC(=NCc1cccc(-c2ccccn2)c1)NCc1nc(C(F)(F)F)cs1.I. The number of aromatic nitrogens is 2. The van der Waals surface area contributed by atoms with Gasteiger partial charge in [0.25, 0.3) is 0 Å². The van der Waals surface area contributed by atoms with E-state index in [2.05, 4.69) is 25.6 Å². The molecule has 2 aromatic heterocycles. The van der Waals surface area contributed by atoms with Gasteiger partial charge in [0.2, 0.25) is 0 Å². The van der Waals surface area contributed by atoms with Gasteiger partial charge in [-0.2, -0.15) is 13.2 Å². The van der Waals surface area contributed by atoms with E-state index < -0.39 is 11.9 Å². The van der Waals surface area contributed by atoms with E-state index in [9.17, 15) is 13.2 Å². The summed E-state index contributed by atoms with van der Waals surface area (Å²) in [6.45, 7) is 3.14. The van der Waals surface area contributed by atoms with Crippen molar-refractivity contribution >= 4 is 41.3 Å². The van der Waals surface area contributed by atoms with Crippen molar-refractivity contribution in [3.8, 4) is 11.3 Å². The molecule has 0 aliphatic carbocycles. The first kappa shape index (κ1) is 24.1. The number of pyridine rings is 1. The number of guanidine groups is 1. The van der Waals surface area contributed by atoms with Crippen LogP contribution in [0.4, 0.5) is 13.2 Å². The van der Waals surface area contributed by atoms with Crippen LogP contribution in [-0.2, 0) is 19.3 Å². The highest BCUT2D eigenvalue weighted by Gasteiger charge is 2.33. The van der Waals surface area contributed by atoms with Gasteiger partial charge in [-0.25, -0.2) is 9.98 Å². The highest BCUT2D eigenvalue weighted by Crippen LogP contribution is 2.29. The molecule has 2 N–H and O–H groups in total. The van der Waals surface area contributed by atoms with Crippen molar-refractivity contribution in [2.75, 3.05) is 6.54 Å². The summed E-state index contributed by atoms with van der Waals surface area (Å²) in [7, 11) is 0.